The van der Waals surface area contributed by atoms with Gasteiger partial charge < -0.3 is 0 Å². The number of carbonyl (C=O) groups excluding carboxylic acids is 1. The van der Waals surface area contributed by atoms with Crippen LogP contribution in [0.4, 0.5) is 0 Å². The van der Waals surface area contributed by atoms with Crippen molar-refractivity contribution in [3.63, 3.8) is 0 Å². The van der Waals surface area contributed by atoms with Crippen LogP contribution in [-0.2, 0) is 4.79 Å². The Hall–Kier alpha value is -0.370. The molecule has 0 rings (SSSR count). The van der Waals surface area contributed by atoms with Crippen LogP contribution in [0.5, 0.6) is 0 Å². The van der Waals surface area contributed by atoms with Gasteiger partial charge >= 0.3 is 0 Å². The standard InChI is InChI=1S/C14H28NO/c1-3-5-7-9-11-15(13-14-16)12-10-8-6-4-2/h3-13H2,1-2H3. The molecule has 0 saturated heterocycles. The number of hydrogen-bond donors (Lipinski definition) is 0. The zero-order chi connectivity index (χ0) is 12.1. The molecular weight excluding hydrogens is 198 g/mol. The molecule has 0 fully saturated rings. The number of nitrogens with zero attached hydrogens (tertiary/aromatic N) is 1. The van der Waals surface area contributed by atoms with E-state index in [2.05, 4.69) is 18.7 Å². The van der Waals surface area contributed by atoms with Gasteiger partial charge in [-0.25, -0.2) is 0 Å². The lowest BCUT2D eigenvalue weighted by Gasteiger charge is -2.18. The van der Waals surface area contributed by atoms with E-state index < -0.39 is 0 Å². The molecule has 0 N–H and O–H groups in total. The van der Waals surface area contributed by atoms with Crippen molar-refractivity contribution in [2.45, 2.75) is 65.2 Å². The van der Waals surface area contributed by atoms with Crippen LogP contribution in [0.3, 0.4) is 0 Å². The largest absolute Gasteiger partial charge is 0.296 e. The Morgan fingerprint density at radius 2 is 1.31 bits per heavy atom. The molecule has 16 heavy (non-hydrogen) atoms. The molecular formula is C14H28NO. The topological polar surface area (TPSA) is 20.3 Å². The fraction of sp³-hybridized carbons (Fsp3) is 0.929. The van der Waals surface area contributed by atoms with Crippen molar-refractivity contribution in [2.75, 3.05) is 19.6 Å². The highest BCUT2D eigenvalue weighted by Crippen LogP contribution is 2.04. The lowest BCUT2D eigenvalue weighted by atomic mass is 10.1. The molecule has 0 atom stereocenters. The van der Waals surface area contributed by atoms with Crippen LogP contribution in [0.2, 0.25) is 0 Å². The van der Waals surface area contributed by atoms with Crippen LogP contribution < -0.4 is 0 Å². The third-order valence-electron chi connectivity index (χ3n) is 2.94. The van der Waals surface area contributed by atoms with Crippen molar-refractivity contribution < 1.29 is 4.79 Å². The van der Waals surface area contributed by atoms with Crippen LogP contribution in [0, 0.1) is 0 Å². The summed E-state index contributed by atoms with van der Waals surface area (Å²) in [4.78, 5) is 12.7. The minimum absolute atomic E-state index is 0.498. The molecule has 0 unspecified atom stereocenters. The van der Waals surface area contributed by atoms with Gasteiger partial charge in [0.15, 0.2) is 0 Å². The summed E-state index contributed by atoms with van der Waals surface area (Å²) in [6.07, 6.45) is 12.2. The van der Waals surface area contributed by atoms with Gasteiger partial charge in [-0.3, -0.25) is 9.69 Å². The molecule has 0 heterocycles. The van der Waals surface area contributed by atoms with Gasteiger partial charge in [0, 0.05) is 0 Å². The maximum Gasteiger partial charge on any atom is 0.213 e. The smallest absolute Gasteiger partial charge is 0.213 e. The summed E-state index contributed by atoms with van der Waals surface area (Å²) in [5.74, 6) is 0. The maximum absolute atomic E-state index is 10.4. The first-order valence-corrected chi connectivity index (χ1v) is 6.92. The zero-order valence-corrected chi connectivity index (χ0v) is 11.1. The summed E-state index contributed by atoms with van der Waals surface area (Å²) in [6.45, 7) is 7.09. The van der Waals surface area contributed by atoms with E-state index in [1.165, 1.54) is 51.4 Å². The molecule has 0 bridgehead atoms. The van der Waals surface area contributed by atoms with Crippen LogP contribution in [0.15, 0.2) is 0 Å². The van der Waals surface area contributed by atoms with E-state index in [9.17, 15) is 4.79 Å². The molecule has 0 aromatic rings. The summed E-state index contributed by atoms with van der Waals surface area (Å²) in [7, 11) is 0. The van der Waals surface area contributed by atoms with Gasteiger partial charge in [-0.2, -0.15) is 0 Å². The molecule has 0 aliphatic rings. The summed E-state index contributed by atoms with van der Waals surface area (Å²) in [5, 5.41) is 0. The van der Waals surface area contributed by atoms with Gasteiger partial charge in [0.1, 0.15) is 0 Å². The Kier molecular flexibility index (Phi) is 12.4. The van der Waals surface area contributed by atoms with Gasteiger partial charge in [-0.05, 0) is 25.9 Å². The molecule has 0 amide bonds. The van der Waals surface area contributed by atoms with Gasteiger partial charge in [0.05, 0.1) is 6.54 Å². The molecule has 95 valence electrons. The molecule has 0 aromatic carbocycles. The van der Waals surface area contributed by atoms with Gasteiger partial charge in [-0.15, -0.1) is 0 Å². The maximum atomic E-state index is 10.4. The summed E-state index contributed by atoms with van der Waals surface area (Å²) >= 11 is 0. The highest BCUT2D eigenvalue weighted by Gasteiger charge is 2.03. The minimum Gasteiger partial charge on any atom is -0.296 e. The normalized spacial score (nSPS) is 10.9. The second kappa shape index (κ2) is 12.7. The third kappa shape index (κ3) is 10.2. The second-order valence-electron chi connectivity index (χ2n) is 4.54. The first-order chi connectivity index (χ1) is 7.85. The van der Waals surface area contributed by atoms with E-state index in [4.69, 9.17) is 0 Å². The molecule has 0 saturated carbocycles. The number of rotatable bonds is 12. The third-order valence-corrected chi connectivity index (χ3v) is 2.94. The Bertz CT molecular complexity index is 136. The van der Waals surface area contributed by atoms with Crippen LogP contribution >= 0.6 is 0 Å². The van der Waals surface area contributed by atoms with Crippen molar-refractivity contribution in [1.29, 1.82) is 0 Å². The monoisotopic (exact) mass is 226 g/mol. The van der Waals surface area contributed by atoms with E-state index in [-0.39, 0.29) is 0 Å². The van der Waals surface area contributed by atoms with Crippen LogP contribution in [0.1, 0.15) is 65.2 Å². The fourth-order valence-electron chi connectivity index (χ4n) is 1.89. The fourth-order valence-corrected chi connectivity index (χ4v) is 1.89. The molecule has 2 heteroatoms. The number of hydrogen-bond acceptors (Lipinski definition) is 2. The van der Waals surface area contributed by atoms with Crippen molar-refractivity contribution in [2.24, 2.45) is 0 Å². The minimum atomic E-state index is 0.498. The zero-order valence-electron chi connectivity index (χ0n) is 11.1. The van der Waals surface area contributed by atoms with Gasteiger partial charge in [0.2, 0.25) is 6.29 Å². The molecule has 0 spiro atoms. The quantitative estimate of drug-likeness (QED) is 0.474. The molecule has 2 nitrogen and oxygen atoms in total. The Morgan fingerprint density at radius 1 is 0.812 bits per heavy atom. The average molecular weight is 226 g/mol. The SMILES string of the molecule is CCCCCCN(C[C]=O)CCCCCC. The predicted molar refractivity (Wildman–Crippen MR) is 70.4 cm³/mol. The van der Waals surface area contributed by atoms with Crippen molar-refractivity contribution >= 4 is 6.29 Å². The second-order valence-corrected chi connectivity index (χ2v) is 4.54. The Morgan fingerprint density at radius 3 is 1.69 bits per heavy atom. The first kappa shape index (κ1) is 15.6. The molecule has 0 aromatic heterocycles. The summed E-state index contributed by atoms with van der Waals surface area (Å²) in [6, 6.07) is 0. The van der Waals surface area contributed by atoms with Gasteiger partial charge in [0.25, 0.3) is 0 Å². The van der Waals surface area contributed by atoms with Crippen LogP contribution in [-0.4, -0.2) is 30.8 Å². The van der Waals surface area contributed by atoms with Crippen LogP contribution in [0.25, 0.3) is 0 Å². The van der Waals surface area contributed by atoms with Crippen molar-refractivity contribution in [1.82, 2.24) is 4.90 Å². The predicted octanol–water partition coefficient (Wildman–Crippen LogP) is 3.56. The highest BCUT2D eigenvalue weighted by atomic mass is 16.1. The van der Waals surface area contributed by atoms with Crippen molar-refractivity contribution in [3.05, 3.63) is 0 Å². The summed E-state index contributed by atoms with van der Waals surface area (Å²) < 4.78 is 0. The van der Waals surface area contributed by atoms with E-state index >= 15 is 0 Å². The van der Waals surface area contributed by atoms with E-state index in [0.717, 1.165) is 13.1 Å². The molecule has 1 radical (unpaired) electrons. The Labute approximate surface area is 101 Å². The first-order valence-electron chi connectivity index (χ1n) is 6.92. The lowest BCUT2D eigenvalue weighted by molar-refractivity contribution is 0.290. The van der Waals surface area contributed by atoms with E-state index in [0.29, 0.717) is 6.54 Å². The summed E-state index contributed by atoms with van der Waals surface area (Å²) in [5.41, 5.74) is 0. The lowest BCUT2D eigenvalue weighted by Crippen LogP contribution is -2.28. The number of unbranched alkanes of at least 4 members (excludes halogenated alkanes) is 6. The Balaban J connectivity index is 3.49. The van der Waals surface area contributed by atoms with E-state index in [1.807, 2.05) is 6.29 Å². The molecule has 0 aliphatic carbocycles. The van der Waals surface area contributed by atoms with Gasteiger partial charge in [-0.1, -0.05) is 52.4 Å². The van der Waals surface area contributed by atoms with Crippen molar-refractivity contribution in [3.8, 4) is 0 Å². The average Bonchev–Trinajstić information content (AvgIpc) is 2.30. The molecule has 0 aliphatic heterocycles. The highest BCUT2D eigenvalue weighted by molar-refractivity contribution is 5.52. The van der Waals surface area contributed by atoms with E-state index in [1.54, 1.807) is 0 Å².